The Hall–Kier alpha value is -3.13. The van der Waals surface area contributed by atoms with E-state index in [9.17, 15) is 9.59 Å². The van der Waals surface area contributed by atoms with Crippen molar-refractivity contribution in [3.8, 4) is 0 Å². The van der Waals surface area contributed by atoms with Crippen molar-refractivity contribution in [3.05, 3.63) is 70.5 Å². The molecule has 2 amide bonds. The van der Waals surface area contributed by atoms with Crippen LogP contribution in [0.4, 0.5) is 5.69 Å². The van der Waals surface area contributed by atoms with Gasteiger partial charge >= 0.3 is 0 Å². The summed E-state index contributed by atoms with van der Waals surface area (Å²) in [5.41, 5.74) is 2.73. The third kappa shape index (κ3) is 4.88. The molecule has 2 aromatic heterocycles. The van der Waals surface area contributed by atoms with Gasteiger partial charge in [-0.3, -0.25) is 19.5 Å². The van der Waals surface area contributed by atoms with E-state index in [0.717, 1.165) is 22.7 Å². The van der Waals surface area contributed by atoms with Crippen LogP contribution in [0.25, 0.3) is 0 Å². The number of rotatable bonds is 5. The number of hydrogen-bond acceptors (Lipinski definition) is 6. The molecule has 3 aromatic rings. The van der Waals surface area contributed by atoms with Crippen molar-refractivity contribution in [3.63, 3.8) is 0 Å². The molecule has 7 nitrogen and oxygen atoms in total. The van der Waals surface area contributed by atoms with Gasteiger partial charge in [0.1, 0.15) is 0 Å². The third-order valence-electron chi connectivity index (χ3n) is 4.38. The first kappa shape index (κ1) is 21.6. The first-order valence-electron chi connectivity index (χ1n) is 9.58. The number of amides is 2. The molecule has 30 heavy (non-hydrogen) atoms. The molecule has 0 radical (unpaired) electrons. The minimum absolute atomic E-state index is 0.185. The van der Waals surface area contributed by atoms with E-state index < -0.39 is 17.5 Å². The fraction of sp³-hybridized carbons (Fsp3) is 0.318. The monoisotopic (exact) mass is 423 g/mol. The van der Waals surface area contributed by atoms with E-state index >= 15 is 0 Å². The summed E-state index contributed by atoms with van der Waals surface area (Å²) in [6, 6.07) is 10.1. The number of pyridine rings is 1. The molecule has 1 unspecified atom stereocenters. The maximum Gasteiger partial charge on any atom is 0.280 e. The van der Waals surface area contributed by atoms with Crippen molar-refractivity contribution in [2.45, 2.75) is 46.2 Å². The van der Waals surface area contributed by atoms with Crippen molar-refractivity contribution in [1.82, 2.24) is 19.9 Å². The maximum absolute atomic E-state index is 13.6. The lowest BCUT2D eigenvalue weighted by molar-refractivity contribution is -0.124. The van der Waals surface area contributed by atoms with E-state index in [1.807, 2.05) is 52.8 Å². The minimum atomic E-state index is -0.971. The minimum Gasteiger partial charge on any atom is -0.349 e. The predicted octanol–water partition coefficient (Wildman–Crippen LogP) is 3.85. The van der Waals surface area contributed by atoms with Crippen molar-refractivity contribution in [1.29, 1.82) is 0 Å². The number of aryl methyl sites for hydroxylation is 2. The SMILES string of the molecule is Cc1ccc(N(C(=O)c2csnn2)C(C(=O)NC(C)(C)C)c2ccccn2)c(C)c1. The fourth-order valence-electron chi connectivity index (χ4n) is 3.18. The van der Waals surface area contributed by atoms with Crippen LogP contribution in [0, 0.1) is 13.8 Å². The van der Waals surface area contributed by atoms with E-state index in [2.05, 4.69) is 19.9 Å². The second-order valence-electron chi connectivity index (χ2n) is 8.15. The van der Waals surface area contributed by atoms with Crippen LogP contribution in [-0.2, 0) is 4.79 Å². The Morgan fingerprint density at radius 3 is 2.47 bits per heavy atom. The molecule has 156 valence electrons. The molecule has 0 saturated heterocycles. The first-order valence-corrected chi connectivity index (χ1v) is 10.4. The van der Waals surface area contributed by atoms with Gasteiger partial charge in [0.25, 0.3) is 5.91 Å². The molecule has 2 heterocycles. The van der Waals surface area contributed by atoms with Crippen LogP contribution in [0.3, 0.4) is 0 Å². The summed E-state index contributed by atoms with van der Waals surface area (Å²) in [5, 5.41) is 8.52. The fourth-order valence-corrected chi connectivity index (χ4v) is 3.61. The highest BCUT2D eigenvalue weighted by atomic mass is 32.1. The molecule has 1 N–H and O–H groups in total. The standard InChI is InChI=1S/C22H25N5O2S/c1-14-9-10-18(15(2)12-14)27(21(29)17-13-30-26-25-17)19(16-8-6-7-11-23-16)20(28)24-22(3,4)5/h6-13,19H,1-5H3,(H,24,28). The van der Waals surface area contributed by atoms with Gasteiger partial charge in [0.05, 0.1) is 5.69 Å². The Bertz CT molecular complexity index is 1030. The van der Waals surface area contributed by atoms with E-state index in [1.165, 1.54) is 4.90 Å². The summed E-state index contributed by atoms with van der Waals surface area (Å²) in [5.74, 6) is -0.729. The average molecular weight is 424 g/mol. The van der Waals surface area contributed by atoms with Gasteiger partial charge in [0, 0.05) is 22.8 Å². The molecule has 0 bridgehead atoms. The number of benzene rings is 1. The molecule has 1 aromatic carbocycles. The largest absolute Gasteiger partial charge is 0.349 e. The zero-order valence-electron chi connectivity index (χ0n) is 17.7. The molecule has 0 aliphatic carbocycles. The van der Waals surface area contributed by atoms with Crippen molar-refractivity contribution >= 4 is 29.0 Å². The Kier molecular flexibility index (Phi) is 6.26. The van der Waals surface area contributed by atoms with Crippen LogP contribution in [0.15, 0.2) is 48.0 Å². The lowest BCUT2D eigenvalue weighted by Gasteiger charge is -2.33. The third-order valence-corrected chi connectivity index (χ3v) is 4.89. The number of hydrogen-bond donors (Lipinski definition) is 1. The smallest absolute Gasteiger partial charge is 0.280 e. The Morgan fingerprint density at radius 2 is 1.90 bits per heavy atom. The summed E-state index contributed by atoms with van der Waals surface area (Å²) in [4.78, 5) is 32.9. The van der Waals surface area contributed by atoms with Gasteiger partial charge in [0.2, 0.25) is 5.91 Å². The van der Waals surface area contributed by atoms with Gasteiger partial charge in [-0.1, -0.05) is 28.3 Å². The van der Waals surface area contributed by atoms with E-state index in [0.29, 0.717) is 11.4 Å². The highest BCUT2D eigenvalue weighted by molar-refractivity contribution is 7.03. The lowest BCUT2D eigenvalue weighted by atomic mass is 10.0. The normalized spacial score (nSPS) is 12.3. The van der Waals surface area contributed by atoms with E-state index in [-0.39, 0.29) is 11.6 Å². The number of nitrogens with one attached hydrogen (secondary N) is 1. The van der Waals surface area contributed by atoms with Gasteiger partial charge in [0.15, 0.2) is 11.7 Å². The highest BCUT2D eigenvalue weighted by Gasteiger charge is 2.37. The molecule has 3 rings (SSSR count). The van der Waals surface area contributed by atoms with Crippen LogP contribution in [0.2, 0.25) is 0 Å². The molecule has 1 atom stereocenters. The van der Waals surface area contributed by atoms with Gasteiger partial charge in [-0.25, -0.2) is 0 Å². The van der Waals surface area contributed by atoms with Crippen molar-refractivity contribution < 1.29 is 9.59 Å². The maximum atomic E-state index is 13.6. The first-order chi connectivity index (χ1) is 14.2. The Balaban J connectivity index is 2.20. The van der Waals surface area contributed by atoms with Gasteiger partial charge in [-0.15, -0.1) is 5.10 Å². The van der Waals surface area contributed by atoms with Crippen LogP contribution in [-0.4, -0.2) is 31.9 Å². The predicted molar refractivity (Wildman–Crippen MR) is 118 cm³/mol. The van der Waals surface area contributed by atoms with Gasteiger partial charge in [-0.2, -0.15) is 0 Å². The summed E-state index contributed by atoms with van der Waals surface area (Å²) in [7, 11) is 0. The highest BCUT2D eigenvalue weighted by Crippen LogP contribution is 2.32. The molecular formula is C22H25N5O2S. The molecule has 0 aliphatic rings. The molecule has 0 spiro atoms. The number of anilines is 1. The Labute approximate surface area is 180 Å². The lowest BCUT2D eigenvalue weighted by Crippen LogP contribution is -2.50. The van der Waals surface area contributed by atoms with Gasteiger partial charge < -0.3 is 5.32 Å². The van der Waals surface area contributed by atoms with Crippen LogP contribution in [0.1, 0.15) is 54.1 Å². The number of carbonyl (C=O) groups is 2. The second-order valence-corrected chi connectivity index (χ2v) is 8.76. The summed E-state index contributed by atoms with van der Waals surface area (Å²) in [6.45, 7) is 9.59. The average Bonchev–Trinajstić information content (AvgIpc) is 3.20. The number of aromatic nitrogens is 3. The van der Waals surface area contributed by atoms with E-state index in [1.54, 1.807) is 29.8 Å². The van der Waals surface area contributed by atoms with Crippen molar-refractivity contribution in [2.75, 3.05) is 4.90 Å². The molecule has 0 aliphatic heterocycles. The number of nitrogens with zero attached hydrogens (tertiary/aromatic N) is 4. The molecule has 0 saturated carbocycles. The molecular weight excluding hydrogens is 398 g/mol. The molecule has 0 fully saturated rings. The van der Waals surface area contributed by atoms with Crippen LogP contribution < -0.4 is 10.2 Å². The van der Waals surface area contributed by atoms with Crippen LogP contribution >= 0.6 is 11.5 Å². The zero-order valence-corrected chi connectivity index (χ0v) is 18.5. The summed E-state index contributed by atoms with van der Waals surface area (Å²) in [6.07, 6.45) is 1.61. The summed E-state index contributed by atoms with van der Waals surface area (Å²) >= 11 is 1.09. The molecule has 8 heteroatoms. The second kappa shape index (κ2) is 8.71. The zero-order chi connectivity index (χ0) is 21.9. The topological polar surface area (TPSA) is 88.1 Å². The number of carbonyl (C=O) groups excluding carboxylic acids is 2. The summed E-state index contributed by atoms with van der Waals surface area (Å²) < 4.78 is 3.82. The van der Waals surface area contributed by atoms with Gasteiger partial charge in [-0.05, 0) is 69.9 Å². The Morgan fingerprint density at radius 1 is 1.13 bits per heavy atom. The van der Waals surface area contributed by atoms with Crippen molar-refractivity contribution in [2.24, 2.45) is 0 Å². The van der Waals surface area contributed by atoms with Crippen LogP contribution in [0.5, 0.6) is 0 Å². The van der Waals surface area contributed by atoms with E-state index in [4.69, 9.17) is 0 Å². The quantitative estimate of drug-likeness (QED) is 0.673.